The first-order valence-electron chi connectivity index (χ1n) is 6.10. The molecule has 2 aliphatic rings. The summed E-state index contributed by atoms with van der Waals surface area (Å²) in [6.07, 6.45) is 4.04. The molecular formula is C12H15N3O2S. The summed E-state index contributed by atoms with van der Waals surface area (Å²) < 4.78 is 9.46. The highest BCUT2D eigenvalue weighted by Gasteiger charge is 2.47. The Morgan fingerprint density at radius 3 is 3.17 bits per heavy atom. The van der Waals surface area contributed by atoms with Crippen molar-refractivity contribution in [2.45, 2.75) is 25.0 Å². The van der Waals surface area contributed by atoms with Gasteiger partial charge in [0.15, 0.2) is 5.69 Å². The summed E-state index contributed by atoms with van der Waals surface area (Å²) in [6.45, 7) is 5.03. The van der Waals surface area contributed by atoms with Gasteiger partial charge in [-0.15, -0.1) is 11.7 Å². The Hall–Kier alpha value is -1.27. The van der Waals surface area contributed by atoms with Crippen LogP contribution in [-0.4, -0.2) is 45.7 Å². The van der Waals surface area contributed by atoms with Crippen LogP contribution < -0.4 is 0 Å². The molecule has 1 amide bonds. The number of amides is 1. The lowest BCUT2D eigenvalue weighted by Crippen LogP contribution is -2.42. The maximum Gasteiger partial charge on any atom is 0.275 e. The molecule has 3 unspecified atom stereocenters. The number of carbonyl (C=O) groups excluding carboxylic acids is 1. The predicted molar refractivity (Wildman–Crippen MR) is 67.4 cm³/mol. The number of fused-ring (bicyclic) bond motifs is 2. The molecule has 1 aliphatic heterocycles. The largest absolute Gasteiger partial charge is 0.374 e. The summed E-state index contributed by atoms with van der Waals surface area (Å²) in [5, 5.41) is 5.55. The summed E-state index contributed by atoms with van der Waals surface area (Å²) in [5.74, 6) is 0.476. The molecule has 2 fully saturated rings. The molecular weight excluding hydrogens is 250 g/mol. The lowest BCUT2D eigenvalue weighted by atomic mass is 10.1. The Morgan fingerprint density at radius 1 is 1.67 bits per heavy atom. The molecule has 3 atom stereocenters. The zero-order valence-electron chi connectivity index (χ0n) is 9.99. The Morgan fingerprint density at radius 2 is 2.56 bits per heavy atom. The molecule has 2 bridgehead atoms. The molecule has 0 aromatic carbocycles. The smallest absolute Gasteiger partial charge is 0.275 e. The van der Waals surface area contributed by atoms with Crippen molar-refractivity contribution in [2.24, 2.45) is 5.92 Å². The molecule has 3 rings (SSSR count). The summed E-state index contributed by atoms with van der Waals surface area (Å²) in [5.41, 5.74) is 0.469. The van der Waals surface area contributed by atoms with Gasteiger partial charge in [-0.3, -0.25) is 4.79 Å². The summed E-state index contributed by atoms with van der Waals surface area (Å²) in [4.78, 5) is 14.1. The van der Waals surface area contributed by atoms with Gasteiger partial charge in [-0.1, -0.05) is 10.6 Å². The first-order chi connectivity index (χ1) is 8.79. The SMILES string of the molecule is C=CCOC1CC2CC1CN2C(=O)c1csnn1. The number of hydrogen-bond acceptors (Lipinski definition) is 5. The van der Waals surface area contributed by atoms with E-state index in [4.69, 9.17) is 4.74 Å². The molecule has 1 aromatic rings. The third-order valence-corrected chi connectivity index (χ3v) is 4.25. The van der Waals surface area contributed by atoms with Crippen molar-refractivity contribution in [2.75, 3.05) is 13.2 Å². The normalized spacial score (nSPS) is 29.8. The van der Waals surface area contributed by atoms with Gasteiger partial charge in [0.2, 0.25) is 0 Å². The van der Waals surface area contributed by atoms with Gasteiger partial charge < -0.3 is 9.64 Å². The van der Waals surface area contributed by atoms with Crippen molar-refractivity contribution < 1.29 is 9.53 Å². The number of piperidine rings is 1. The predicted octanol–water partition coefficient (Wildman–Crippen LogP) is 1.34. The van der Waals surface area contributed by atoms with Crippen LogP contribution in [0.15, 0.2) is 18.0 Å². The summed E-state index contributed by atoms with van der Waals surface area (Å²) >= 11 is 1.21. The fourth-order valence-electron chi connectivity index (χ4n) is 2.96. The van der Waals surface area contributed by atoms with Crippen LogP contribution in [0.4, 0.5) is 0 Å². The molecule has 1 aliphatic carbocycles. The van der Waals surface area contributed by atoms with Crippen molar-refractivity contribution in [3.63, 3.8) is 0 Å². The first-order valence-corrected chi connectivity index (χ1v) is 6.93. The molecule has 6 heteroatoms. The molecule has 1 saturated carbocycles. The molecule has 1 aromatic heterocycles. The fourth-order valence-corrected chi connectivity index (χ4v) is 3.39. The molecule has 2 heterocycles. The fraction of sp³-hybridized carbons (Fsp3) is 0.583. The zero-order chi connectivity index (χ0) is 12.5. The number of rotatable bonds is 4. The standard InChI is InChI=1S/C12H15N3O2S/c1-2-3-17-11-5-9-4-8(11)6-15(9)12(16)10-7-18-14-13-10/h2,7-9,11H,1,3-6H2. The van der Waals surface area contributed by atoms with E-state index in [1.54, 1.807) is 11.5 Å². The summed E-state index contributed by atoms with van der Waals surface area (Å²) in [7, 11) is 0. The molecule has 5 nitrogen and oxygen atoms in total. The van der Waals surface area contributed by atoms with Crippen molar-refractivity contribution >= 4 is 17.4 Å². The zero-order valence-corrected chi connectivity index (χ0v) is 10.8. The minimum absolute atomic E-state index is 0.0124. The maximum absolute atomic E-state index is 12.2. The van der Waals surface area contributed by atoms with E-state index in [9.17, 15) is 4.79 Å². The number of carbonyl (C=O) groups is 1. The Labute approximate surface area is 110 Å². The molecule has 1 saturated heterocycles. The number of ether oxygens (including phenoxy) is 1. The highest BCUT2D eigenvalue weighted by Crippen LogP contribution is 2.40. The van der Waals surface area contributed by atoms with Gasteiger partial charge >= 0.3 is 0 Å². The number of aromatic nitrogens is 2. The van der Waals surface area contributed by atoms with E-state index in [-0.39, 0.29) is 12.0 Å². The third kappa shape index (κ3) is 1.95. The van der Waals surface area contributed by atoms with Gasteiger partial charge in [-0.2, -0.15) is 0 Å². The van der Waals surface area contributed by atoms with Crippen LogP contribution in [0.25, 0.3) is 0 Å². The van der Waals surface area contributed by atoms with Crippen LogP contribution in [0.3, 0.4) is 0 Å². The summed E-state index contributed by atoms with van der Waals surface area (Å²) in [6, 6.07) is 0.305. The van der Waals surface area contributed by atoms with Crippen molar-refractivity contribution in [1.29, 1.82) is 0 Å². The van der Waals surface area contributed by atoms with Crippen LogP contribution in [0, 0.1) is 5.92 Å². The number of hydrogen-bond donors (Lipinski definition) is 0. The van der Waals surface area contributed by atoms with Crippen LogP contribution in [0.2, 0.25) is 0 Å². The van der Waals surface area contributed by atoms with Gasteiger partial charge in [0.1, 0.15) is 0 Å². The Balaban J connectivity index is 1.64. The van der Waals surface area contributed by atoms with E-state index in [0.717, 1.165) is 19.4 Å². The quantitative estimate of drug-likeness (QED) is 0.771. The molecule has 0 radical (unpaired) electrons. The third-order valence-electron chi connectivity index (χ3n) is 3.75. The van der Waals surface area contributed by atoms with Crippen molar-refractivity contribution in [3.8, 4) is 0 Å². The lowest BCUT2D eigenvalue weighted by Gasteiger charge is -2.30. The monoisotopic (exact) mass is 265 g/mol. The average Bonchev–Trinajstić information content (AvgIpc) is 3.09. The average molecular weight is 265 g/mol. The van der Waals surface area contributed by atoms with E-state index >= 15 is 0 Å². The van der Waals surface area contributed by atoms with E-state index in [2.05, 4.69) is 16.2 Å². The topological polar surface area (TPSA) is 55.3 Å². The Bertz CT molecular complexity index is 448. The number of likely N-dealkylation sites (tertiary alicyclic amines) is 1. The minimum atomic E-state index is 0.0124. The highest BCUT2D eigenvalue weighted by atomic mass is 32.1. The second-order valence-corrected chi connectivity index (χ2v) is 5.40. The molecule has 0 spiro atoms. The highest BCUT2D eigenvalue weighted by molar-refractivity contribution is 7.03. The van der Waals surface area contributed by atoms with Gasteiger partial charge in [0, 0.05) is 23.9 Å². The van der Waals surface area contributed by atoms with Gasteiger partial charge in [0.25, 0.3) is 5.91 Å². The van der Waals surface area contributed by atoms with Gasteiger partial charge in [0.05, 0.1) is 12.7 Å². The van der Waals surface area contributed by atoms with Gasteiger partial charge in [-0.05, 0) is 24.4 Å². The second kappa shape index (κ2) is 4.78. The van der Waals surface area contributed by atoms with E-state index < -0.39 is 0 Å². The van der Waals surface area contributed by atoms with Crippen molar-refractivity contribution in [3.05, 3.63) is 23.7 Å². The first kappa shape index (κ1) is 11.8. The van der Waals surface area contributed by atoms with E-state index in [1.165, 1.54) is 11.5 Å². The van der Waals surface area contributed by atoms with Crippen LogP contribution in [0.5, 0.6) is 0 Å². The number of nitrogens with zero attached hydrogens (tertiary/aromatic N) is 3. The van der Waals surface area contributed by atoms with Crippen LogP contribution in [0.1, 0.15) is 23.3 Å². The van der Waals surface area contributed by atoms with E-state index in [0.29, 0.717) is 24.3 Å². The van der Waals surface area contributed by atoms with Crippen LogP contribution >= 0.6 is 11.5 Å². The molecule has 96 valence electrons. The van der Waals surface area contributed by atoms with Gasteiger partial charge in [-0.25, -0.2) is 0 Å². The maximum atomic E-state index is 12.2. The molecule has 18 heavy (non-hydrogen) atoms. The minimum Gasteiger partial charge on any atom is -0.374 e. The van der Waals surface area contributed by atoms with Crippen LogP contribution in [-0.2, 0) is 4.74 Å². The Kier molecular flexibility index (Phi) is 3.13. The lowest BCUT2D eigenvalue weighted by molar-refractivity contribution is 0.0142. The van der Waals surface area contributed by atoms with E-state index in [1.807, 2.05) is 4.90 Å². The second-order valence-electron chi connectivity index (χ2n) is 4.79. The molecule has 0 N–H and O–H groups in total. The van der Waals surface area contributed by atoms with Crippen molar-refractivity contribution in [1.82, 2.24) is 14.5 Å².